The molecule has 1 N–H and O–H groups in total. The number of nitrogens with zero attached hydrogens (tertiary/aromatic N) is 2. The van der Waals surface area contributed by atoms with Gasteiger partial charge in [-0.15, -0.1) is 0 Å². The molecule has 0 bridgehead atoms. The highest BCUT2D eigenvalue weighted by atomic mass is 35.5. The van der Waals surface area contributed by atoms with Crippen molar-refractivity contribution in [1.29, 1.82) is 0 Å². The molecule has 6 heteroatoms. The van der Waals surface area contributed by atoms with Crippen LogP contribution < -0.4 is 5.32 Å². The molecule has 1 aliphatic rings. The number of carbonyl (C=O) groups excluding carboxylic acids is 2. The van der Waals surface area contributed by atoms with Gasteiger partial charge in [0.1, 0.15) is 0 Å². The average molecular weight is 476 g/mol. The number of amides is 2. The van der Waals surface area contributed by atoms with Gasteiger partial charge in [0.05, 0.1) is 5.92 Å². The zero-order chi connectivity index (χ0) is 23.9. The Labute approximate surface area is 206 Å². The van der Waals surface area contributed by atoms with Crippen molar-refractivity contribution in [3.8, 4) is 0 Å². The van der Waals surface area contributed by atoms with E-state index in [4.69, 9.17) is 11.6 Å². The first-order valence-corrected chi connectivity index (χ1v) is 12.0. The topological polar surface area (TPSA) is 52.7 Å². The zero-order valence-corrected chi connectivity index (χ0v) is 20.2. The van der Waals surface area contributed by atoms with Crippen molar-refractivity contribution in [2.24, 2.45) is 5.92 Å². The van der Waals surface area contributed by atoms with Gasteiger partial charge in [0.25, 0.3) is 0 Å². The molecular formula is C28H30ClN3O2. The van der Waals surface area contributed by atoms with Crippen LogP contribution in [0.25, 0.3) is 0 Å². The fourth-order valence-electron chi connectivity index (χ4n) is 4.38. The second-order valence-electron chi connectivity index (χ2n) is 8.83. The van der Waals surface area contributed by atoms with E-state index in [1.165, 1.54) is 5.56 Å². The number of nitrogens with one attached hydrogen (secondary N) is 1. The summed E-state index contributed by atoms with van der Waals surface area (Å²) in [5.41, 5.74) is 3.79. The fraction of sp³-hybridized carbons (Fsp3) is 0.286. The van der Waals surface area contributed by atoms with Crippen LogP contribution >= 0.6 is 11.6 Å². The molecule has 0 spiro atoms. The highest BCUT2D eigenvalue weighted by Gasteiger charge is 2.32. The molecule has 0 saturated carbocycles. The molecule has 5 nitrogen and oxygen atoms in total. The summed E-state index contributed by atoms with van der Waals surface area (Å²) < 4.78 is 0. The predicted octanol–water partition coefficient (Wildman–Crippen LogP) is 5.14. The van der Waals surface area contributed by atoms with Gasteiger partial charge >= 0.3 is 0 Å². The smallest absolute Gasteiger partial charge is 0.227 e. The van der Waals surface area contributed by atoms with E-state index in [-0.39, 0.29) is 18.2 Å². The van der Waals surface area contributed by atoms with Crippen LogP contribution in [0.3, 0.4) is 0 Å². The summed E-state index contributed by atoms with van der Waals surface area (Å²) in [5.74, 6) is -0.572. The molecule has 2 amide bonds. The van der Waals surface area contributed by atoms with Gasteiger partial charge in [0, 0.05) is 49.9 Å². The number of benzene rings is 3. The fourth-order valence-corrected chi connectivity index (χ4v) is 4.55. The minimum Gasteiger partial charge on any atom is -0.337 e. The average Bonchev–Trinajstić information content (AvgIpc) is 2.97. The first-order valence-electron chi connectivity index (χ1n) is 11.6. The molecule has 4 rings (SSSR count). The third-order valence-electron chi connectivity index (χ3n) is 6.26. The van der Waals surface area contributed by atoms with E-state index in [2.05, 4.69) is 22.3 Å². The van der Waals surface area contributed by atoms with Crippen LogP contribution in [0.1, 0.15) is 23.1 Å². The SMILES string of the molecule is Cc1c(Cl)cccc1NC(=O)CC1CN(Cc2ccccc2)CCN(Cc2ccccc2)C1=O. The minimum atomic E-state index is -0.422. The first kappa shape index (κ1) is 24.0. The summed E-state index contributed by atoms with van der Waals surface area (Å²) in [6.07, 6.45) is 0.126. The minimum absolute atomic E-state index is 0.0254. The van der Waals surface area contributed by atoms with Gasteiger partial charge in [-0.1, -0.05) is 78.3 Å². The third kappa shape index (κ3) is 6.25. The van der Waals surface area contributed by atoms with E-state index in [9.17, 15) is 9.59 Å². The summed E-state index contributed by atoms with van der Waals surface area (Å²) in [4.78, 5) is 30.7. The molecular weight excluding hydrogens is 446 g/mol. The van der Waals surface area contributed by atoms with Crippen molar-refractivity contribution in [3.05, 3.63) is 101 Å². The molecule has 1 atom stereocenters. The lowest BCUT2D eigenvalue weighted by atomic mass is 10.0. The van der Waals surface area contributed by atoms with Crippen molar-refractivity contribution in [3.63, 3.8) is 0 Å². The maximum absolute atomic E-state index is 13.6. The maximum Gasteiger partial charge on any atom is 0.227 e. The largest absolute Gasteiger partial charge is 0.337 e. The number of hydrogen-bond acceptors (Lipinski definition) is 3. The van der Waals surface area contributed by atoms with Gasteiger partial charge in [-0.05, 0) is 35.7 Å². The molecule has 0 radical (unpaired) electrons. The molecule has 176 valence electrons. The standard InChI is InChI=1S/C28H30ClN3O2/c1-21-25(29)13-8-14-26(21)30-27(33)17-24-20-31(18-22-9-4-2-5-10-22)15-16-32(28(24)34)19-23-11-6-3-7-12-23/h2-14,24H,15-20H2,1H3,(H,30,33). The van der Waals surface area contributed by atoms with Crippen LogP contribution in [0.5, 0.6) is 0 Å². The molecule has 0 aliphatic carbocycles. The van der Waals surface area contributed by atoms with Crippen molar-refractivity contribution < 1.29 is 9.59 Å². The lowest BCUT2D eigenvalue weighted by molar-refractivity contribution is -0.137. The molecule has 1 heterocycles. The summed E-state index contributed by atoms with van der Waals surface area (Å²) in [5, 5.41) is 3.56. The summed E-state index contributed by atoms with van der Waals surface area (Å²) >= 11 is 6.21. The first-order chi connectivity index (χ1) is 16.5. The molecule has 0 aromatic heterocycles. The van der Waals surface area contributed by atoms with Gasteiger partial charge < -0.3 is 10.2 Å². The molecule has 3 aromatic rings. The number of anilines is 1. The van der Waals surface area contributed by atoms with E-state index >= 15 is 0 Å². The second-order valence-corrected chi connectivity index (χ2v) is 9.23. The highest BCUT2D eigenvalue weighted by Crippen LogP contribution is 2.24. The van der Waals surface area contributed by atoms with Gasteiger partial charge in [0.15, 0.2) is 0 Å². The van der Waals surface area contributed by atoms with Gasteiger partial charge in [-0.2, -0.15) is 0 Å². The Morgan fingerprint density at radius 1 is 0.912 bits per heavy atom. The van der Waals surface area contributed by atoms with Crippen LogP contribution in [-0.4, -0.2) is 41.2 Å². The quantitative estimate of drug-likeness (QED) is 0.515. The van der Waals surface area contributed by atoms with Crippen molar-refractivity contribution >= 4 is 29.1 Å². The normalized spacial score (nSPS) is 16.8. The van der Waals surface area contributed by atoms with Gasteiger partial charge in [-0.25, -0.2) is 0 Å². The summed E-state index contributed by atoms with van der Waals surface area (Å²) in [7, 11) is 0. The van der Waals surface area contributed by atoms with Crippen molar-refractivity contribution in [1.82, 2.24) is 9.80 Å². The number of rotatable bonds is 7. The van der Waals surface area contributed by atoms with Crippen molar-refractivity contribution in [2.75, 3.05) is 25.0 Å². The van der Waals surface area contributed by atoms with Gasteiger partial charge in [0.2, 0.25) is 11.8 Å². The van der Waals surface area contributed by atoms with E-state index in [1.807, 2.05) is 72.5 Å². The monoisotopic (exact) mass is 475 g/mol. The molecule has 1 unspecified atom stereocenters. The Balaban J connectivity index is 1.51. The van der Waals surface area contributed by atoms with Crippen LogP contribution in [0.15, 0.2) is 78.9 Å². The van der Waals surface area contributed by atoms with Gasteiger partial charge in [-0.3, -0.25) is 14.5 Å². The molecule has 1 aliphatic heterocycles. The molecule has 1 saturated heterocycles. The summed E-state index contributed by atoms with van der Waals surface area (Å²) in [6.45, 7) is 5.10. The Bertz CT molecular complexity index is 1120. The van der Waals surface area contributed by atoms with E-state index in [0.717, 1.165) is 24.2 Å². The van der Waals surface area contributed by atoms with E-state index in [0.29, 0.717) is 30.3 Å². The number of carbonyl (C=O) groups is 2. The third-order valence-corrected chi connectivity index (χ3v) is 6.67. The lowest BCUT2D eigenvalue weighted by Crippen LogP contribution is -2.37. The Morgan fingerprint density at radius 2 is 1.56 bits per heavy atom. The van der Waals surface area contributed by atoms with Crippen LogP contribution in [0, 0.1) is 12.8 Å². The van der Waals surface area contributed by atoms with E-state index in [1.54, 1.807) is 6.07 Å². The second kappa shape index (κ2) is 11.3. The van der Waals surface area contributed by atoms with Crippen LogP contribution in [0.4, 0.5) is 5.69 Å². The highest BCUT2D eigenvalue weighted by molar-refractivity contribution is 6.31. The van der Waals surface area contributed by atoms with Crippen molar-refractivity contribution in [2.45, 2.75) is 26.4 Å². The Hall–Kier alpha value is -3.15. The van der Waals surface area contributed by atoms with Crippen LogP contribution in [0.2, 0.25) is 5.02 Å². The van der Waals surface area contributed by atoms with E-state index < -0.39 is 5.92 Å². The zero-order valence-electron chi connectivity index (χ0n) is 19.4. The maximum atomic E-state index is 13.6. The van der Waals surface area contributed by atoms with Crippen LogP contribution in [-0.2, 0) is 22.7 Å². The predicted molar refractivity (Wildman–Crippen MR) is 137 cm³/mol. The number of halogens is 1. The Morgan fingerprint density at radius 3 is 2.24 bits per heavy atom. The molecule has 34 heavy (non-hydrogen) atoms. The number of hydrogen-bond donors (Lipinski definition) is 1. The molecule has 3 aromatic carbocycles. The molecule has 1 fully saturated rings. The summed E-state index contributed by atoms with van der Waals surface area (Å²) in [6, 6.07) is 25.7. The Kier molecular flexibility index (Phi) is 7.99. The lowest BCUT2D eigenvalue weighted by Gasteiger charge is -2.24.